The molecule has 0 unspecified atom stereocenters. The van der Waals surface area contributed by atoms with E-state index in [1.54, 1.807) is 11.9 Å². The summed E-state index contributed by atoms with van der Waals surface area (Å²) in [4.78, 5) is 50.6. The molecule has 1 saturated heterocycles. The maximum Gasteiger partial charge on any atom is 0.244 e. The van der Waals surface area contributed by atoms with Crippen molar-refractivity contribution in [2.75, 3.05) is 20.1 Å². The Morgan fingerprint density at radius 1 is 1.13 bits per heavy atom. The van der Waals surface area contributed by atoms with Gasteiger partial charge in [0.1, 0.15) is 12.1 Å². The van der Waals surface area contributed by atoms with Crippen LogP contribution in [0.25, 0.3) is 10.2 Å². The number of aromatic nitrogens is 1. The zero-order valence-corrected chi connectivity index (χ0v) is 22.1. The number of nitrogens with zero attached hydrogens (tertiary/aromatic N) is 3. The molecule has 0 spiro atoms. The van der Waals surface area contributed by atoms with E-state index in [0.717, 1.165) is 15.8 Å². The van der Waals surface area contributed by atoms with Crippen LogP contribution in [-0.4, -0.2) is 65.7 Å². The molecule has 0 aliphatic carbocycles. The molecular weight excluding hydrogens is 502 g/mol. The molecule has 200 valence electrons. The fourth-order valence-corrected chi connectivity index (χ4v) is 5.67. The van der Waals surface area contributed by atoms with Crippen LogP contribution in [0.5, 0.6) is 0 Å². The average molecular weight is 536 g/mol. The average Bonchev–Trinajstić information content (AvgIpc) is 3.58. The molecule has 1 fully saturated rings. The molecule has 0 saturated carbocycles. The van der Waals surface area contributed by atoms with Gasteiger partial charge in [-0.25, -0.2) is 4.98 Å². The van der Waals surface area contributed by atoms with Gasteiger partial charge in [0, 0.05) is 13.1 Å². The van der Waals surface area contributed by atoms with Gasteiger partial charge in [0.05, 0.1) is 16.3 Å². The van der Waals surface area contributed by atoms with E-state index in [2.05, 4.69) is 20.6 Å². The summed E-state index contributed by atoms with van der Waals surface area (Å²) in [6.07, 6.45) is 2.05. The number of aliphatic imine (C=N–C) groups is 1. The van der Waals surface area contributed by atoms with E-state index in [9.17, 15) is 14.4 Å². The lowest BCUT2D eigenvalue weighted by Crippen LogP contribution is -2.52. The van der Waals surface area contributed by atoms with Gasteiger partial charge in [-0.1, -0.05) is 42.5 Å². The van der Waals surface area contributed by atoms with E-state index in [-0.39, 0.29) is 23.6 Å². The van der Waals surface area contributed by atoms with E-state index >= 15 is 0 Å². The van der Waals surface area contributed by atoms with Gasteiger partial charge in [-0.3, -0.25) is 19.4 Å². The minimum atomic E-state index is -0.816. The van der Waals surface area contributed by atoms with Gasteiger partial charge >= 0.3 is 0 Å². The van der Waals surface area contributed by atoms with Gasteiger partial charge in [0.15, 0.2) is 11.0 Å². The lowest BCUT2D eigenvalue weighted by atomic mass is 10.0. The monoisotopic (exact) mass is 535 g/mol. The zero-order chi connectivity index (χ0) is 27.1. The summed E-state index contributed by atoms with van der Waals surface area (Å²) in [5, 5.41) is 6.33. The Bertz CT molecular complexity index is 1270. The Morgan fingerprint density at radius 3 is 2.58 bits per heavy atom. The number of benzene rings is 2. The number of fused-ring (bicyclic) bond motifs is 1. The summed E-state index contributed by atoms with van der Waals surface area (Å²) in [5.74, 6) is -0.809. The summed E-state index contributed by atoms with van der Waals surface area (Å²) in [5.41, 5.74) is 12.4. The number of para-hydroxylation sites is 1. The fraction of sp³-hybridized carbons (Fsp3) is 0.370. The maximum absolute atomic E-state index is 13.5. The van der Waals surface area contributed by atoms with E-state index in [1.165, 1.54) is 11.3 Å². The summed E-state index contributed by atoms with van der Waals surface area (Å²) >= 11 is 1.29. The molecule has 4 rings (SSSR count). The second-order valence-corrected chi connectivity index (χ2v) is 10.2. The quantitative estimate of drug-likeness (QED) is 0.127. The van der Waals surface area contributed by atoms with Gasteiger partial charge in [0.25, 0.3) is 0 Å². The van der Waals surface area contributed by atoms with Crippen molar-refractivity contribution in [3.8, 4) is 0 Å². The standard InChI is InChI=1S/C27H33N7O3S/c1-30-22(17-9-3-2-4-10-17)26(37)34-16-8-13-20(34)24(36)32-19(12-7-15-31-27(28)29)23(35)25-33-18-11-5-6-14-21(18)38-25/h2-6,9-11,14,19-20,22,30H,7-8,12-13,15-16H2,1H3,(H,32,36)(H4,28,29,31)/t19-,20-,22+/m0/s1. The first-order valence-corrected chi connectivity index (χ1v) is 13.5. The van der Waals surface area contributed by atoms with Gasteiger partial charge < -0.3 is 27.0 Å². The molecule has 2 heterocycles. The summed E-state index contributed by atoms with van der Waals surface area (Å²) < 4.78 is 0.896. The molecule has 10 nitrogen and oxygen atoms in total. The van der Waals surface area contributed by atoms with Crippen LogP contribution in [-0.2, 0) is 9.59 Å². The Labute approximate surface area is 225 Å². The Balaban J connectivity index is 1.51. The van der Waals surface area contributed by atoms with Crippen molar-refractivity contribution in [1.29, 1.82) is 0 Å². The van der Waals surface area contributed by atoms with Crippen molar-refractivity contribution in [3.63, 3.8) is 0 Å². The predicted molar refractivity (Wildman–Crippen MR) is 149 cm³/mol. The van der Waals surface area contributed by atoms with E-state index < -0.39 is 18.1 Å². The molecule has 3 atom stereocenters. The number of nitrogens with one attached hydrogen (secondary N) is 2. The number of nitrogens with two attached hydrogens (primary N) is 2. The number of likely N-dealkylation sites (tertiary alicyclic amines) is 1. The Morgan fingerprint density at radius 2 is 1.87 bits per heavy atom. The molecule has 1 aromatic heterocycles. The molecule has 2 aromatic carbocycles. The van der Waals surface area contributed by atoms with Crippen molar-refractivity contribution >= 4 is 45.1 Å². The van der Waals surface area contributed by atoms with Crippen LogP contribution in [0.15, 0.2) is 59.6 Å². The molecule has 0 bridgehead atoms. The highest BCUT2D eigenvalue weighted by molar-refractivity contribution is 7.20. The number of carbonyl (C=O) groups is 3. The summed E-state index contributed by atoms with van der Waals surface area (Å²) in [6.45, 7) is 0.805. The molecule has 2 amide bonds. The van der Waals surface area contributed by atoms with Crippen LogP contribution in [0, 0.1) is 0 Å². The number of carbonyl (C=O) groups excluding carboxylic acids is 3. The number of thiazole rings is 1. The minimum Gasteiger partial charge on any atom is -0.370 e. The van der Waals surface area contributed by atoms with Gasteiger partial charge in [0.2, 0.25) is 17.6 Å². The summed E-state index contributed by atoms with van der Waals surface area (Å²) in [7, 11) is 1.73. The second kappa shape index (κ2) is 12.6. The van der Waals surface area contributed by atoms with Crippen molar-refractivity contribution in [2.45, 2.75) is 43.8 Å². The largest absolute Gasteiger partial charge is 0.370 e. The molecular formula is C27H33N7O3S. The van der Waals surface area contributed by atoms with Gasteiger partial charge in [-0.05, 0) is 50.4 Å². The van der Waals surface area contributed by atoms with Crippen LogP contribution in [0.3, 0.4) is 0 Å². The second-order valence-electron chi connectivity index (χ2n) is 9.18. The summed E-state index contributed by atoms with van der Waals surface area (Å²) in [6, 6.07) is 14.9. The third-order valence-electron chi connectivity index (χ3n) is 6.59. The topological polar surface area (TPSA) is 156 Å². The number of guanidine groups is 1. The lowest BCUT2D eigenvalue weighted by molar-refractivity contribution is -0.140. The Kier molecular flexibility index (Phi) is 9.03. The molecule has 1 aliphatic rings. The van der Waals surface area contributed by atoms with Crippen molar-refractivity contribution in [1.82, 2.24) is 20.5 Å². The van der Waals surface area contributed by atoms with E-state index in [1.807, 2.05) is 54.6 Å². The minimum absolute atomic E-state index is 0.0271. The van der Waals surface area contributed by atoms with Crippen LogP contribution in [0.1, 0.15) is 47.1 Å². The third kappa shape index (κ3) is 6.35. The number of hydrogen-bond acceptors (Lipinski definition) is 7. The number of Topliss-reactive ketones (excluding diaryl/α,β-unsaturated/α-hetero) is 1. The molecule has 11 heteroatoms. The SMILES string of the molecule is CN[C@@H](C(=O)N1CCC[C@H]1C(=O)N[C@@H](CCCN=C(N)N)C(=O)c1nc2ccccc2s1)c1ccccc1. The number of ketones is 1. The van der Waals surface area contributed by atoms with Crippen LogP contribution < -0.4 is 22.1 Å². The van der Waals surface area contributed by atoms with Gasteiger partial charge in [-0.2, -0.15) is 0 Å². The van der Waals surface area contributed by atoms with E-state index in [0.29, 0.717) is 43.8 Å². The first kappa shape index (κ1) is 27.2. The zero-order valence-electron chi connectivity index (χ0n) is 21.3. The molecule has 3 aromatic rings. The number of likely N-dealkylation sites (N-methyl/N-ethyl adjacent to an activating group) is 1. The van der Waals surface area contributed by atoms with Crippen molar-refractivity contribution in [3.05, 3.63) is 65.2 Å². The fourth-order valence-electron chi connectivity index (χ4n) is 4.71. The third-order valence-corrected chi connectivity index (χ3v) is 7.64. The lowest BCUT2D eigenvalue weighted by Gasteiger charge is -2.29. The highest BCUT2D eigenvalue weighted by Gasteiger charge is 2.38. The number of amides is 2. The highest BCUT2D eigenvalue weighted by atomic mass is 32.1. The first-order chi connectivity index (χ1) is 18.4. The number of rotatable bonds is 11. The maximum atomic E-state index is 13.5. The molecule has 6 N–H and O–H groups in total. The normalized spacial score (nSPS) is 16.7. The molecule has 1 aliphatic heterocycles. The smallest absolute Gasteiger partial charge is 0.244 e. The van der Waals surface area contributed by atoms with Crippen LogP contribution in [0.4, 0.5) is 0 Å². The van der Waals surface area contributed by atoms with Gasteiger partial charge in [-0.15, -0.1) is 11.3 Å². The van der Waals surface area contributed by atoms with Crippen LogP contribution in [0.2, 0.25) is 0 Å². The number of hydrogen-bond donors (Lipinski definition) is 4. The van der Waals surface area contributed by atoms with Crippen molar-refractivity contribution < 1.29 is 14.4 Å². The predicted octanol–water partition coefficient (Wildman–Crippen LogP) is 1.97. The van der Waals surface area contributed by atoms with Crippen LogP contribution >= 0.6 is 11.3 Å². The van der Waals surface area contributed by atoms with E-state index in [4.69, 9.17) is 11.5 Å². The highest BCUT2D eigenvalue weighted by Crippen LogP contribution is 2.26. The Hall–Kier alpha value is -3.83. The molecule has 0 radical (unpaired) electrons. The molecule has 38 heavy (non-hydrogen) atoms. The first-order valence-electron chi connectivity index (χ1n) is 12.7. The van der Waals surface area contributed by atoms with Crippen molar-refractivity contribution in [2.24, 2.45) is 16.5 Å².